The number of carbonyl (C=O) groups excluding carboxylic acids is 1. The van der Waals surface area contributed by atoms with E-state index in [4.69, 9.17) is 10.00 Å². The Balaban J connectivity index is 1.93. The number of nitrogens with one attached hydrogen (secondary N) is 2. The molecule has 1 aliphatic rings. The molecule has 0 spiro atoms. The predicted molar refractivity (Wildman–Crippen MR) is 70.3 cm³/mol. The molecule has 0 aromatic heterocycles. The second-order valence-corrected chi connectivity index (χ2v) is 4.53. The highest BCUT2D eigenvalue weighted by Crippen LogP contribution is 2.13. The van der Waals surface area contributed by atoms with Crippen molar-refractivity contribution in [1.29, 1.82) is 5.26 Å². The average molecular weight is 259 g/mol. The summed E-state index contributed by atoms with van der Waals surface area (Å²) in [6, 6.07) is 9.16. The second kappa shape index (κ2) is 6.32. The molecule has 5 nitrogen and oxygen atoms in total. The number of nitriles is 1. The van der Waals surface area contributed by atoms with Crippen LogP contribution in [0.5, 0.6) is 0 Å². The summed E-state index contributed by atoms with van der Waals surface area (Å²) in [5.74, 6) is -0.107. The molecule has 1 aromatic carbocycles. The minimum absolute atomic E-state index is 0.106. The first-order chi connectivity index (χ1) is 9.20. The zero-order valence-electron chi connectivity index (χ0n) is 10.8. The largest absolute Gasteiger partial charge is 0.366 e. The Morgan fingerprint density at radius 2 is 2.26 bits per heavy atom. The first-order valence-electron chi connectivity index (χ1n) is 6.33. The number of rotatable bonds is 3. The van der Waals surface area contributed by atoms with Crippen LogP contribution in [0, 0.1) is 11.3 Å². The fraction of sp³-hybridized carbons (Fsp3) is 0.429. The van der Waals surface area contributed by atoms with E-state index >= 15 is 0 Å². The molecule has 1 amide bonds. The molecule has 1 aliphatic heterocycles. The van der Waals surface area contributed by atoms with Crippen LogP contribution < -0.4 is 10.6 Å². The van der Waals surface area contributed by atoms with Gasteiger partial charge in [0.25, 0.3) is 5.91 Å². The highest BCUT2D eigenvalue weighted by Gasteiger charge is 2.23. The van der Waals surface area contributed by atoms with Crippen molar-refractivity contribution in [3.63, 3.8) is 0 Å². The Morgan fingerprint density at radius 3 is 2.84 bits per heavy atom. The molecule has 2 atom stereocenters. The summed E-state index contributed by atoms with van der Waals surface area (Å²) >= 11 is 0. The van der Waals surface area contributed by atoms with Crippen molar-refractivity contribution in [2.45, 2.75) is 19.1 Å². The number of hydrogen-bond donors (Lipinski definition) is 2. The Labute approximate surface area is 112 Å². The van der Waals surface area contributed by atoms with Crippen molar-refractivity contribution >= 4 is 5.91 Å². The molecule has 0 aliphatic carbocycles. The Morgan fingerprint density at radius 1 is 1.53 bits per heavy atom. The van der Waals surface area contributed by atoms with Crippen molar-refractivity contribution in [1.82, 2.24) is 10.6 Å². The summed E-state index contributed by atoms with van der Waals surface area (Å²) in [7, 11) is 0. The van der Waals surface area contributed by atoms with Crippen molar-refractivity contribution in [2.24, 2.45) is 0 Å². The van der Waals surface area contributed by atoms with Crippen molar-refractivity contribution in [3.8, 4) is 6.07 Å². The van der Waals surface area contributed by atoms with Crippen LogP contribution in [-0.4, -0.2) is 31.7 Å². The topological polar surface area (TPSA) is 74.2 Å². The van der Waals surface area contributed by atoms with Gasteiger partial charge in [0.2, 0.25) is 0 Å². The van der Waals surface area contributed by atoms with E-state index in [0.29, 0.717) is 18.7 Å². The lowest BCUT2D eigenvalue weighted by Crippen LogP contribution is -2.48. The zero-order chi connectivity index (χ0) is 13.7. The Bertz CT molecular complexity index is 472. The summed E-state index contributed by atoms with van der Waals surface area (Å²) in [5.41, 5.74) is 1.58. The number of benzene rings is 1. The average Bonchev–Trinajstić information content (AvgIpc) is 2.48. The normalized spacial score (nSPS) is 20.3. The van der Waals surface area contributed by atoms with E-state index in [1.54, 1.807) is 12.1 Å². The van der Waals surface area contributed by atoms with E-state index in [0.717, 1.165) is 12.1 Å². The van der Waals surface area contributed by atoms with E-state index in [-0.39, 0.29) is 11.9 Å². The van der Waals surface area contributed by atoms with Crippen LogP contribution in [0.25, 0.3) is 0 Å². The van der Waals surface area contributed by atoms with E-state index in [2.05, 4.69) is 16.7 Å². The molecule has 19 heavy (non-hydrogen) atoms. The minimum Gasteiger partial charge on any atom is -0.366 e. The molecule has 1 heterocycles. The van der Waals surface area contributed by atoms with Gasteiger partial charge in [-0.2, -0.15) is 5.26 Å². The molecule has 2 unspecified atom stereocenters. The van der Waals surface area contributed by atoms with Gasteiger partial charge in [-0.1, -0.05) is 12.1 Å². The molecular weight excluding hydrogens is 242 g/mol. The third kappa shape index (κ3) is 3.53. The maximum absolute atomic E-state index is 12.0. The summed E-state index contributed by atoms with van der Waals surface area (Å²) in [4.78, 5) is 12.0. The van der Waals surface area contributed by atoms with Crippen LogP contribution in [0.1, 0.15) is 24.1 Å². The molecule has 1 saturated heterocycles. The van der Waals surface area contributed by atoms with Gasteiger partial charge in [-0.3, -0.25) is 4.79 Å². The number of nitrogens with zero attached hydrogens (tertiary/aromatic N) is 1. The number of amides is 1. The van der Waals surface area contributed by atoms with Gasteiger partial charge in [0.15, 0.2) is 0 Å². The predicted octanol–water partition coefficient (Wildman–Crippen LogP) is 0.724. The van der Waals surface area contributed by atoms with Gasteiger partial charge in [0.05, 0.1) is 24.3 Å². The van der Waals surface area contributed by atoms with Crippen LogP contribution in [0.4, 0.5) is 0 Å². The number of ether oxygens (including phenoxy) is 1. The fourth-order valence-electron chi connectivity index (χ4n) is 1.97. The lowest BCUT2D eigenvalue weighted by atomic mass is 10.1. The summed E-state index contributed by atoms with van der Waals surface area (Å²) in [5, 5.41) is 14.8. The number of hydrogen-bond acceptors (Lipinski definition) is 4. The smallest absolute Gasteiger partial charge is 0.250 e. The third-order valence-corrected chi connectivity index (χ3v) is 3.12. The van der Waals surface area contributed by atoms with Crippen molar-refractivity contribution < 1.29 is 9.53 Å². The van der Waals surface area contributed by atoms with E-state index in [1.807, 2.05) is 19.1 Å². The molecule has 0 saturated carbocycles. The van der Waals surface area contributed by atoms with Gasteiger partial charge in [-0.15, -0.1) is 0 Å². The molecule has 1 aromatic rings. The monoisotopic (exact) mass is 259 g/mol. The van der Waals surface area contributed by atoms with Crippen LogP contribution in [-0.2, 0) is 9.53 Å². The standard InChI is InChI=1S/C14H17N3O2/c1-10(12-4-2-11(8-15)3-5-12)17-14(18)13-9-16-6-7-19-13/h2-5,10,13,16H,6-7,9H2,1H3,(H,17,18). The first-order valence-corrected chi connectivity index (χ1v) is 6.33. The van der Waals surface area contributed by atoms with Crippen LogP contribution in [0.2, 0.25) is 0 Å². The van der Waals surface area contributed by atoms with E-state index in [9.17, 15) is 4.79 Å². The number of carbonyl (C=O) groups is 1. The first kappa shape index (κ1) is 13.5. The number of morpholine rings is 1. The van der Waals surface area contributed by atoms with Crippen LogP contribution in [0.15, 0.2) is 24.3 Å². The molecule has 100 valence electrons. The second-order valence-electron chi connectivity index (χ2n) is 4.53. The Kier molecular flexibility index (Phi) is 4.50. The van der Waals surface area contributed by atoms with Gasteiger partial charge >= 0.3 is 0 Å². The molecule has 2 rings (SSSR count). The quantitative estimate of drug-likeness (QED) is 0.839. The van der Waals surface area contributed by atoms with Crippen molar-refractivity contribution in [2.75, 3.05) is 19.7 Å². The van der Waals surface area contributed by atoms with Crippen molar-refractivity contribution in [3.05, 3.63) is 35.4 Å². The molecule has 0 radical (unpaired) electrons. The molecule has 0 bridgehead atoms. The van der Waals surface area contributed by atoms with Gasteiger partial charge < -0.3 is 15.4 Å². The maximum Gasteiger partial charge on any atom is 0.250 e. The van der Waals surface area contributed by atoms with Crippen LogP contribution in [0.3, 0.4) is 0 Å². The van der Waals surface area contributed by atoms with E-state index < -0.39 is 6.10 Å². The summed E-state index contributed by atoms with van der Waals surface area (Å²) in [6.07, 6.45) is -0.422. The maximum atomic E-state index is 12.0. The Hall–Kier alpha value is -1.90. The SMILES string of the molecule is CC(NC(=O)C1CNCCO1)c1ccc(C#N)cc1. The highest BCUT2D eigenvalue weighted by molar-refractivity contribution is 5.81. The van der Waals surface area contributed by atoms with Gasteiger partial charge in [-0.25, -0.2) is 0 Å². The molecular formula is C14H17N3O2. The highest BCUT2D eigenvalue weighted by atomic mass is 16.5. The summed E-state index contributed by atoms with van der Waals surface area (Å²) in [6.45, 7) is 3.81. The lowest BCUT2D eigenvalue weighted by molar-refractivity contribution is -0.134. The summed E-state index contributed by atoms with van der Waals surface area (Å²) < 4.78 is 5.40. The molecule has 2 N–H and O–H groups in total. The minimum atomic E-state index is -0.422. The molecule has 1 fully saturated rings. The van der Waals surface area contributed by atoms with E-state index in [1.165, 1.54) is 0 Å². The molecule has 5 heteroatoms. The zero-order valence-corrected chi connectivity index (χ0v) is 10.8. The van der Waals surface area contributed by atoms with Gasteiger partial charge in [0.1, 0.15) is 6.10 Å². The lowest BCUT2D eigenvalue weighted by Gasteiger charge is -2.24. The fourth-order valence-corrected chi connectivity index (χ4v) is 1.97. The van der Waals surface area contributed by atoms with Crippen LogP contribution >= 0.6 is 0 Å². The van der Waals surface area contributed by atoms with Gasteiger partial charge in [-0.05, 0) is 24.6 Å². The third-order valence-electron chi connectivity index (χ3n) is 3.12. The van der Waals surface area contributed by atoms with Gasteiger partial charge in [0, 0.05) is 13.1 Å².